The van der Waals surface area contributed by atoms with Crippen LogP contribution in [0.3, 0.4) is 0 Å². The topological polar surface area (TPSA) is 77.3 Å². The molecule has 8 heteroatoms. The minimum absolute atomic E-state index is 0.0633. The van der Waals surface area contributed by atoms with E-state index in [1.807, 2.05) is 4.57 Å². The highest BCUT2D eigenvalue weighted by Crippen LogP contribution is 2.28. The van der Waals surface area contributed by atoms with Gasteiger partial charge in [-0.05, 0) is 25.8 Å². The molecule has 1 unspecified atom stereocenters. The molecule has 1 atom stereocenters. The molecule has 0 fully saturated rings. The van der Waals surface area contributed by atoms with Gasteiger partial charge in [0.1, 0.15) is 17.4 Å². The van der Waals surface area contributed by atoms with Crippen LogP contribution in [0.5, 0.6) is 5.75 Å². The summed E-state index contributed by atoms with van der Waals surface area (Å²) in [6.45, 7) is 2.08. The first-order chi connectivity index (χ1) is 10.9. The van der Waals surface area contributed by atoms with Crippen molar-refractivity contribution in [3.05, 3.63) is 30.4 Å². The Kier molecular flexibility index (Phi) is 4.01. The number of fused-ring (bicyclic) bond motifs is 1. The second kappa shape index (κ2) is 5.84. The molecule has 3 rings (SSSR count). The fourth-order valence-electron chi connectivity index (χ4n) is 2.76. The molecular weight excluding hydrogens is 316 g/mol. The zero-order valence-corrected chi connectivity index (χ0v) is 14.2. The third kappa shape index (κ3) is 2.78. The predicted molar refractivity (Wildman–Crippen MR) is 86.3 cm³/mol. The van der Waals surface area contributed by atoms with Crippen LogP contribution in [-0.2, 0) is 16.4 Å². The van der Waals surface area contributed by atoms with Crippen LogP contribution in [0.1, 0.15) is 31.6 Å². The van der Waals surface area contributed by atoms with Gasteiger partial charge in [0, 0.05) is 38.0 Å². The zero-order valence-electron chi connectivity index (χ0n) is 13.4. The van der Waals surface area contributed by atoms with Crippen molar-refractivity contribution in [1.82, 2.24) is 14.5 Å². The number of nitrogens with zero attached hydrogens (tertiary/aromatic N) is 4. The van der Waals surface area contributed by atoms with Crippen LogP contribution in [0.25, 0.3) is 0 Å². The van der Waals surface area contributed by atoms with Gasteiger partial charge in [-0.25, -0.2) is 9.97 Å². The van der Waals surface area contributed by atoms with E-state index >= 15 is 0 Å². The van der Waals surface area contributed by atoms with Gasteiger partial charge in [0.2, 0.25) is 0 Å². The van der Waals surface area contributed by atoms with Crippen LogP contribution in [0.2, 0.25) is 0 Å². The normalized spacial score (nSPS) is 17.6. The van der Waals surface area contributed by atoms with Crippen LogP contribution < -0.4 is 9.04 Å². The Bertz CT molecular complexity index is 816. The quantitative estimate of drug-likeness (QED) is 0.853. The van der Waals surface area contributed by atoms with E-state index in [9.17, 15) is 8.42 Å². The van der Waals surface area contributed by atoms with Gasteiger partial charge in [0.25, 0.3) is 10.0 Å². The lowest BCUT2D eigenvalue weighted by Gasteiger charge is -2.20. The molecule has 0 aliphatic carbocycles. The Morgan fingerprint density at radius 1 is 1.43 bits per heavy atom. The molecule has 23 heavy (non-hydrogen) atoms. The van der Waals surface area contributed by atoms with Gasteiger partial charge >= 0.3 is 0 Å². The van der Waals surface area contributed by atoms with Crippen molar-refractivity contribution in [2.75, 3.05) is 18.5 Å². The number of methoxy groups -OCH3 is 1. The Hall–Kier alpha value is -2.09. The van der Waals surface area contributed by atoms with E-state index in [0.29, 0.717) is 11.6 Å². The number of aromatic nitrogens is 3. The fraction of sp³-hybridized carbons (Fsp3) is 0.467. The molecule has 0 spiro atoms. The maximum Gasteiger partial charge on any atom is 0.284 e. The lowest BCUT2D eigenvalue weighted by atomic mass is 10.1. The molecule has 0 saturated carbocycles. The molecule has 0 N–H and O–H groups in total. The molecule has 0 radical (unpaired) electrons. The average molecular weight is 336 g/mol. The van der Waals surface area contributed by atoms with Crippen molar-refractivity contribution in [3.63, 3.8) is 0 Å². The van der Waals surface area contributed by atoms with Crippen molar-refractivity contribution in [2.45, 2.75) is 37.3 Å². The van der Waals surface area contributed by atoms with E-state index in [-0.39, 0.29) is 11.1 Å². The minimum atomic E-state index is -3.75. The first-order valence-corrected chi connectivity index (χ1v) is 8.94. The number of pyridine rings is 1. The van der Waals surface area contributed by atoms with Crippen molar-refractivity contribution in [2.24, 2.45) is 0 Å². The van der Waals surface area contributed by atoms with E-state index in [1.165, 1.54) is 20.4 Å². The summed E-state index contributed by atoms with van der Waals surface area (Å²) in [5.74, 6) is 1.67. The third-order valence-electron chi connectivity index (χ3n) is 4.18. The smallest absolute Gasteiger partial charge is 0.284 e. The molecule has 3 heterocycles. The van der Waals surface area contributed by atoms with Gasteiger partial charge in [-0.15, -0.1) is 0 Å². The zero-order chi connectivity index (χ0) is 16.6. The molecule has 1 aliphatic rings. The van der Waals surface area contributed by atoms with E-state index in [1.54, 1.807) is 18.3 Å². The summed E-state index contributed by atoms with van der Waals surface area (Å²) in [4.78, 5) is 8.44. The molecule has 0 aromatic carbocycles. The van der Waals surface area contributed by atoms with E-state index in [0.717, 1.165) is 29.4 Å². The number of hydrogen-bond acceptors (Lipinski definition) is 5. The first kappa shape index (κ1) is 15.8. The molecular formula is C15H20N4O3S. The highest BCUT2D eigenvalue weighted by molar-refractivity contribution is 7.92. The van der Waals surface area contributed by atoms with Gasteiger partial charge < -0.3 is 9.30 Å². The highest BCUT2D eigenvalue weighted by Gasteiger charge is 2.28. The number of rotatable bonds is 4. The monoisotopic (exact) mass is 336 g/mol. The number of imidazole rings is 1. The Morgan fingerprint density at radius 2 is 2.22 bits per heavy atom. The third-order valence-corrected chi connectivity index (χ3v) is 5.82. The summed E-state index contributed by atoms with van der Waals surface area (Å²) in [6.07, 6.45) is 6.02. The van der Waals surface area contributed by atoms with E-state index in [4.69, 9.17) is 4.74 Å². The summed E-state index contributed by atoms with van der Waals surface area (Å²) in [5.41, 5.74) is 0. The summed E-state index contributed by atoms with van der Waals surface area (Å²) >= 11 is 0. The Labute approximate surface area is 136 Å². The molecule has 0 bridgehead atoms. The SMILES string of the molecule is COc1ccnc(N(C)S(=O)(=O)c2cn3c(n2)CCCC3C)c1. The van der Waals surface area contributed by atoms with Crippen molar-refractivity contribution >= 4 is 15.8 Å². The number of aryl methyl sites for hydroxylation is 1. The number of ether oxygens (including phenoxy) is 1. The van der Waals surface area contributed by atoms with Crippen LogP contribution in [-0.4, -0.2) is 37.1 Å². The van der Waals surface area contributed by atoms with Gasteiger partial charge in [-0.3, -0.25) is 4.31 Å². The van der Waals surface area contributed by atoms with Crippen LogP contribution >= 0.6 is 0 Å². The van der Waals surface area contributed by atoms with Crippen molar-refractivity contribution < 1.29 is 13.2 Å². The van der Waals surface area contributed by atoms with E-state index < -0.39 is 10.0 Å². The maximum absolute atomic E-state index is 12.8. The molecule has 2 aromatic rings. The van der Waals surface area contributed by atoms with Crippen LogP contribution in [0.15, 0.2) is 29.6 Å². The summed E-state index contributed by atoms with van der Waals surface area (Å²) in [7, 11) is -0.754. The lowest BCUT2D eigenvalue weighted by Crippen LogP contribution is -2.27. The Morgan fingerprint density at radius 3 is 2.91 bits per heavy atom. The molecule has 1 aliphatic heterocycles. The summed E-state index contributed by atoms with van der Waals surface area (Å²) in [6, 6.07) is 3.52. The molecule has 0 amide bonds. The standard InChI is InChI=1S/C15H20N4O3S/c1-11-5-4-6-13-17-15(10-19(11)13)23(20,21)18(2)14-9-12(22-3)7-8-16-14/h7-11H,4-6H2,1-3H3. The summed E-state index contributed by atoms with van der Waals surface area (Å²) in [5, 5.41) is 0.0633. The van der Waals surface area contributed by atoms with Crippen LogP contribution in [0.4, 0.5) is 5.82 Å². The van der Waals surface area contributed by atoms with Gasteiger partial charge in [0.15, 0.2) is 5.03 Å². The second-order valence-electron chi connectivity index (χ2n) is 5.67. The lowest BCUT2D eigenvalue weighted by molar-refractivity contribution is 0.414. The van der Waals surface area contributed by atoms with Crippen molar-refractivity contribution in [3.8, 4) is 5.75 Å². The van der Waals surface area contributed by atoms with Crippen LogP contribution in [0, 0.1) is 0 Å². The van der Waals surface area contributed by atoms with Gasteiger partial charge in [-0.1, -0.05) is 0 Å². The second-order valence-corrected chi connectivity index (χ2v) is 7.59. The number of anilines is 1. The number of sulfonamides is 1. The highest BCUT2D eigenvalue weighted by atomic mass is 32.2. The van der Waals surface area contributed by atoms with Gasteiger partial charge in [-0.2, -0.15) is 8.42 Å². The molecule has 2 aromatic heterocycles. The maximum atomic E-state index is 12.8. The first-order valence-electron chi connectivity index (χ1n) is 7.50. The largest absolute Gasteiger partial charge is 0.497 e. The predicted octanol–water partition coefficient (Wildman–Crippen LogP) is 2.01. The minimum Gasteiger partial charge on any atom is -0.497 e. The van der Waals surface area contributed by atoms with E-state index in [2.05, 4.69) is 16.9 Å². The number of hydrogen-bond donors (Lipinski definition) is 0. The molecule has 124 valence electrons. The summed E-state index contributed by atoms with van der Waals surface area (Å²) < 4.78 is 33.9. The molecule has 7 nitrogen and oxygen atoms in total. The average Bonchev–Trinajstić information content (AvgIpc) is 3.00. The molecule has 0 saturated heterocycles. The van der Waals surface area contributed by atoms with Crippen molar-refractivity contribution in [1.29, 1.82) is 0 Å². The fourth-order valence-corrected chi connectivity index (χ4v) is 3.85. The Balaban J connectivity index is 1.97. The van der Waals surface area contributed by atoms with Gasteiger partial charge in [0.05, 0.1) is 7.11 Å².